The van der Waals surface area contributed by atoms with Gasteiger partial charge in [-0.05, 0) is 53.5 Å². The molecule has 3 rings (SSSR count). The first kappa shape index (κ1) is 16.7. The molecular formula is C20H25N3O. The van der Waals surface area contributed by atoms with Crippen molar-refractivity contribution in [2.45, 2.75) is 38.1 Å². The van der Waals surface area contributed by atoms with E-state index in [-0.39, 0.29) is 5.91 Å². The molecule has 0 radical (unpaired) electrons. The van der Waals surface area contributed by atoms with Crippen molar-refractivity contribution >= 4 is 22.9 Å². The topological polar surface area (TPSA) is 79.0 Å². The Hall–Kier alpha value is -2.20. The van der Waals surface area contributed by atoms with Gasteiger partial charge in [0.1, 0.15) is 0 Å². The molecule has 24 heavy (non-hydrogen) atoms. The van der Waals surface area contributed by atoms with Gasteiger partial charge in [-0.15, -0.1) is 0 Å². The number of amides is 1. The van der Waals surface area contributed by atoms with E-state index in [4.69, 9.17) is 11.1 Å². The Labute approximate surface area is 142 Å². The van der Waals surface area contributed by atoms with Gasteiger partial charge in [0.25, 0.3) is 0 Å². The number of rotatable bonds is 5. The summed E-state index contributed by atoms with van der Waals surface area (Å²) in [5.74, 6) is 0.628. The van der Waals surface area contributed by atoms with E-state index in [9.17, 15) is 4.79 Å². The quantitative estimate of drug-likeness (QED) is 0.740. The summed E-state index contributed by atoms with van der Waals surface area (Å²) in [6.45, 7) is 0.752. The lowest BCUT2D eigenvalue weighted by Crippen LogP contribution is -2.34. The van der Waals surface area contributed by atoms with E-state index in [2.05, 4.69) is 5.32 Å². The molecule has 0 heterocycles. The Morgan fingerprint density at radius 1 is 1.12 bits per heavy atom. The highest BCUT2D eigenvalue weighted by atomic mass is 16.1. The van der Waals surface area contributed by atoms with E-state index >= 15 is 0 Å². The molecule has 0 spiro atoms. The molecule has 0 atom stereocenters. The maximum Gasteiger partial charge on any atom is 0.224 e. The maximum atomic E-state index is 12.3. The highest BCUT2D eigenvalue weighted by molar-refractivity contribution is 6.01. The van der Waals surface area contributed by atoms with Crippen LogP contribution in [0.2, 0.25) is 0 Å². The minimum Gasteiger partial charge on any atom is -0.356 e. The summed E-state index contributed by atoms with van der Waals surface area (Å²) in [5, 5.41) is 12.7. The van der Waals surface area contributed by atoms with E-state index in [0.29, 0.717) is 18.4 Å². The predicted molar refractivity (Wildman–Crippen MR) is 98.5 cm³/mol. The van der Waals surface area contributed by atoms with Gasteiger partial charge in [-0.2, -0.15) is 0 Å². The van der Waals surface area contributed by atoms with E-state index in [1.807, 2.05) is 36.4 Å². The molecule has 2 aromatic carbocycles. The fraction of sp³-hybridized carbons (Fsp3) is 0.400. The summed E-state index contributed by atoms with van der Waals surface area (Å²) in [6.07, 6.45) is 6.09. The van der Waals surface area contributed by atoms with Crippen LogP contribution >= 0.6 is 0 Å². The molecule has 0 bridgehead atoms. The van der Waals surface area contributed by atoms with Crippen LogP contribution in [0.3, 0.4) is 0 Å². The van der Waals surface area contributed by atoms with E-state index in [1.165, 1.54) is 6.21 Å². The molecule has 126 valence electrons. The minimum atomic E-state index is 0.0672. The standard InChI is InChI=1S/C20H25N3O/c21-12-16-8-7-15(18-3-1-2-4-19(16)18)11-20(24)23-13-14-5-9-17(22)10-6-14/h1-4,7-8,12,14,17,21H,5-6,9-11,13,22H2,(H,23,24). The van der Waals surface area contributed by atoms with Crippen LogP contribution in [0.5, 0.6) is 0 Å². The van der Waals surface area contributed by atoms with Crippen LogP contribution in [-0.2, 0) is 11.2 Å². The molecule has 1 saturated carbocycles. The predicted octanol–water partition coefficient (Wildman–Crippen LogP) is 3.01. The number of fused-ring (bicyclic) bond motifs is 1. The van der Waals surface area contributed by atoms with Gasteiger partial charge in [0, 0.05) is 18.8 Å². The number of nitrogens with two attached hydrogens (primary N) is 1. The highest BCUT2D eigenvalue weighted by Crippen LogP contribution is 2.24. The number of carbonyl (C=O) groups is 1. The largest absolute Gasteiger partial charge is 0.356 e. The SMILES string of the molecule is N=Cc1ccc(CC(=O)NCC2CCC(N)CC2)c2ccccc12. The van der Waals surface area contributed by atoms with Gasteiger partial charge < -0.3 is 16.5 Å². The van der Waals surface area contributed by atoms with Gasteiger partial charge in [0.05, 0.1) is 6.42 Å². The monoisotopic (exact) mass is 323 g/mol. The van der Waals surface area contributed by atoms with Gasteiger partial charge in [0.2, 0.25) is 5.91 Å². The lowest BCUT2D eigenvalue weighted by Gasteiger charge is -2.26. The molecule has 0 unspecified atom stereocenters. The normalized spacial score (nSPS) is 20.7. The molecule has 4 heteroatoms. The Balaban J connectivity index is 1.64. The third-order valence-electron chi connectivity index (χ3n) is 5.03. The second-order valence-corrected chi connectivity index (χ2v) is 6.77. The zero-order valence-electron chi connectivity index (χ0n) is 13.9. The Kier molecular flexibility index (Phi) is 5.26. The maximum absolute atomic E-state index is 12.3. The lowest BCUT2D eigenvalue weighted by atomic mass is 9.86. The number of hydrogen-bond acceptors (Lipinski definition) is 3. The second-order valence-electron chi connectivity index (χ2n) is 6.77. The second kappa shape index (κ2) is 7.58. The van der Waals surface area contributed by atoms with Crippen LogP contribution in [0.15, 0.2) is 36.4 Å². The van der Waals surface area contributed by atoms with Crippen LogP contribution in [-0.4, -0.2) is 24.7 Å². The molecule has 2 aromatic rings. The van der Waals surface area contributed by atoms with Gasteiger partial charge in [-0.25, -0.2) is 0 Å². The van der Waals surface area contributed by atoms with Crippen molar-refractivity contribution in [3.63, 3.8) is 0 Å². The number of hydrogen-bond donors (Lipinski definition) is 3. The molecular weight excluding hydrogens is 298 g/mol. The molecule has 4 N–H and O–H groups in total. The summed E-state index contributed by atoms with van der Waals surface area (Å²) in [7, 11) is 0. The Morgan fingerprint density at radius 3 is 2.54 bits per heavy atom. The molecule has 1 aliphatic rings. The van der Waals surface area contributed by atoms with Crippen LogP contribution in [0.4, 0.5) is 0 Å². The van der Waals surface area contributed by atoms with Gasteiger partial charge in [-0.3, -0.25) is 4.79 Å². The van der Waals surface area contributed by atoms with Crippen molar-refractivity contribution < 1.29 is 4.79 Å². The van der Waals surface area contributed by atoms with E-state index < -0.39 is 0 Å². The van der Waals surface area contributed by atoms with Crippen LogP contribution in [0.25, 0.3) is 10.8 Å². The lowest BCUT2D eigenvalue weighted by molar-refractivity contribution is -0.120. The van der Waals surface area contributed by atoms with Crippen LogP contribution < -0.4 is 11.1 Å². The van der Waals surface area contributed by atoms with Gasteiger partial charge in [0.15, 0.2) is 0 Å². The molecule has 0 aliphatic heterocycles. The molecule has 1 amide bonds. The van der Waals surface area contributed by atoms with Crippen LogP contribution in [0.1, 0.15) is 36.8 Å². The smallest absolute Gasteiger partial charge is 0.224 e. The first-order valence-corrected chi connectivity index (χ1v) is 8.70. The van der Waals surface area contributed by atoms with Crippen molar-refractivity contribution in [1.29, 1.82) is 5.41 Å². The fourth-order valence-corrected chi connectivity index (χ4v) is 3.55. The minimum absolute atomic E-state index is 0.0672. The number of carbonyl (C=O) groups excluding carboxylic acids is 1. The average Bonchev–Trinajstić information content (AvgIpc) is 2.61. The Bertz CT molecular complexity index is 733. The van der Waals surface area contributed by atoms with Crippen molar-refractivity contribution in [2.75, 3.05) is 6.54 Å². The third-order valence-corrected chi connectivity index (χ3v) is 5.03. The Morgan fingerprint density at radius 2 is 1.83 bits per heavy atom. The van der Waals surface area contributed by atoms with Crippen LogP contribution in [0, 0.1) is 11.3 Å². The summed E-state index contributed by atoms with van der Waals surface area (Å²) in [5.41, 5.74) is 7.82. The first-order valence-electron chi connectivity index (χ1n) is 8.70. The average molecular weight is 323 g/mol. The fourth-order valence-electron chi connectivity index (χ4n) is 3.55. The zero-order valence-corrected chi connectivity index (χ0v) is 13.9. The molecule has 0 saturated heterocycles. The summed E-state index contributed by atoms with van der Waals surface area (Å²) in [6, 6.07) is 12.2. The van der Waals surface area contributed by atoms with E-state index in [1.54, 1.807) is 0 Å². The van der Waals surface area contributed by atoms with Gasteiger partial charge >= 0.3 is 0 Å². The van der Waals surface area contributed by atoms with E-state index in [0.717, 1.165) is 54.1 Å². The molecule has 0 aromatic heterocycles. The third kappa shape index (κ3) is 3.82. The van der Waals surface area contributed by atoms with Crippen molar-refractivity contribution in [2.24, 2.45) is 11.7 Å². The van der Waals surface area contributed by atoms with Gasteiger partial charge in [-0.1, -0.05) is 36.4 Å². The number of nitrogens with one attached hydrogen (secondary N) is 2. The molecule has 4 nitrogen and oxygen atoms in total. The number of benzene rings is 2. The highest BCUT2D eigenvalue weighted by Gasteiger charge is 2.19. The summed E-state index contributed by atoms with van der Waals surface area (Å²) in [4.78, 5) is 12.3. The first-order chi connectivity index (χ1) is 11.7. The van der Waals surface area contributed by atoms with Crippen molar-refractivity contribution in [3.8, 4) is 0 Å². The summed E-state index contributed by atoms with van der Waals surface area (Å²) >= 11 is 0. The van der Waals surface area contributed by atoms with Crippen molar-refractivity contribution in [1.82, 2.24) is 5.32 Å². The molecule has 1 fully saturated rings. The van der Waals surface area contributed by atoms with Crippen molar-refractivity contribution in [3.05, 3.63) is 47.5 Å². The summed E-state index contributed by atoms with van der Waals surface area (Å²) < 4.78 is 0. The zero-order chi connectivity index (χ0) is 16.9. The molecule has 1 aliphatic carbocycles.